The van der Waals surface area contributed by atoms with Crippen molar-refractivity contribution in [2.45, 2.75) is 11.3 Å². The lowest BCUT2D eigenvalue weighted by Gasteiger charge is -2.07. The minimum Gasteiger partial charge on any atom is -0.455 e. The number of halogens is 1. The van der Waals surface area contributed by atoms with Crippen molar-refractivity contribution in [2.75, 3.05) is 17.7 Å². The largest absolute Gasteiger partial charge is 0.455 e. The van der Waals surface area contributed by atoms with E-state index in [4.69, 9.17) is 10.00 Å². The second kappa shape index (κ2) is 9.87. The Kier molecular flexibility index (Phi) is 7.51. The summed E-state index contributed by atoms with van der Waals surface area (Å²) in [6, 6.07) is 16.6. The van der Waals surface area contributed by atoms with Crippen molar-refractivity contribution in [3.8, 4) is 6.07 Å². The topological polar surface area (TPSA) is 79.2 Å². The fourth-order valence-corrected chi connectivity index (χ4v) is 2.82. The molecule has 25 heavy (non-hydrogen) atoms. The Bertz CT molecular complexity index is 770. The number of anilines is 1. The summed E-state index contributed by atoms with van der Waals surface area (Å²) in [5.74, 6) is -0.722. The van der Waals surface area contributed by atoms with Gasteiger partial charge in [-0.1, -0.05) is 28.1 Å². The van der Waals surface area contributed by atoms with Gasteiger partial charge in [0.25, 0.3) is 5.91 Å². The van der Waals surface area contributed by atoms with Crippen molar-refractivity contribution >= 4 is 45.3 Å². The fraction of sp³-hybridized carbons (Fsp3) is 0.167. The highest BCUT2D eigenvalue weighted by atomic mass is 79.9. The number of esters is 1. The molecular weight excluding hydrogens is 404 g/mol. The number of carbonyl (C=O) groups excluding carboxylic acids is 2. The zero-order valence-electron chi connectivity index (χ0n) is 13.2. The molecule has 0 atom stereocenters. The second-order valence-corrected chi connectivity index (χ2v) is 6.95. The predicted molar refractivity (Wildman–Crippen MR) is 100 cm³/mol. The van der Waals surface area contributed by atoms with Crippen LogP contribution in [0.5, 0.6) is 0 Å². The zero-order chi connectivity index (χ0) is 18.1. The van der Waals surface area contributed by atoms with Crippen molar-refractivity contribution in [1.29, 1.82) is 5.26 Å². The Morgan fingerprint density at radius 1 is 1.12 bits per heavy atom. The highest BCUT2D eigenvalue weighted by molar-refractivity contribution is 9.10. The van der Waals surface area contributed by atoms with Gasteiger partial charge in [0.05, 0.1) is 18.2 Å². The van der Waals surface area contributed by atoms with E-state index in [2.05, 4.69) is 27.3 Å². The highest BCUT2D eigenvalue weighted by Gasteiger charge is 2.09. The van der Waals surface area contributed by atoms with E-state index in [1.807, 2.05) is 24.3 Å². The smallest absolute Gasteiger partial charge is 0.316 e. The van der Waals surface area contributed by atoms with Gasteiger partial charge in [0.2, 0.25) is 0 Å². The summed E-state index contributed by atoms with van der Waals surface area (Å²) in [5, 5.41) is 11.2. The first-order chi connectivity index (χ1) is 12.1. The lowest BCUT2D eigenvalue weighted by molar-refractivity contribution is -0.144. The van der Waals surface area contributed by atoms with E-state index in [0.717, 1.165) is 14.9 Å². The maximum absolute atomic E-state index is 11.8. The summed E-state index contributed by atoms with van der Waals surface area (Å²) in [5.41, 5.74) is 1.46. The molecule has 0 unspecified atom stereocenters. The van der Waals surface area contributed by atoms with Gasteiger partial charge in [-0.2, -0.15) is 5.26 Å². The van der Waals surface area contributed by atoms with E-state index >= 15 is 0 Å². The van der Waals surface area contributed by atoms with E-state index in [0.29, 0.717) is 12.1 Å². The van der Waals surface area contributed by atoms with Gasteiger partial charge in [0.15, 0.2) is 6.61 Å². The zero-order valence-corrected chi connectivity index (χ0v) is 15.6. The first-order valence-corrected chi connectivity index (χ1v) is 9.14. The molecule has 0 aliphatic heterocycles. The van der Waals surface area contributed by atoms with Gasteiger partial charge >= 0.3 is 5.97 Å². The molecule has 2 rings (SSSR count). The third-order valence-corrected chi connectivity index (χ3v) is 4.57. The number of nitrogens with one attached hydrogen (secondary N) is 1. The number of amides is 1. The molecule has 0 spiro atoms. The predicted octanol–water partition coefficient (Wildman–Crippen LogP) is 3.79. The lowest BCUT2D eigenvalue weighted by Crippen LogP contribution is -2.21. The van der Waals surface area contributed by atoms with Crippen molar-refractivity contribution in [2.24, 2.45) is 0 Å². The van der Waals surface area contributed by atoms with Crippen molar-refractivity contribution < 1.29 is 14.3 Å². The van der Waals surface area contributed by atoms with Crippen LogP contribution in [0, 0.1) is 11.3 Å². The molecule has 0 aliphatic carbocycles. The lowest BCUT2D eigenvalue weighted by atomic mass is 10.1. The van der Waals surface area contributed by atoms with Crippen LogP contribution >= 0.6 is 27.7 Å². The van der Waals surface area contributed by atoms with Crippen molar-refractivity contribution in [1.82, 2.24) is 0 Å². The average Bonchev–Trinajstić information content (AvgIpc) is 2.61. The van der Waals surface area contributed by atoms with Gasteiger partial charge in [-0.3, -0.25) is 9.59 Å². The van der Waals surface area contributed by atoms with E-state index in [-0.39, 0.29) is 12.4 Å². The number of thioether (sulfide) groups is 1. The third-order valence-electron chi connectivity index (χ3n) is 3.06. The highest BCUT2D eigenvalue weighted by Crippen LogP contribution is 2.20. The number of carbonyl (C=O) groups is 2. The first-order valence-electron chi connectivity index (χ1n) is 7.36. The quantitative estimate of drug-likeness (QED) is 0.546. The molecule has 0 heterocycles. The average molecular weight is 419 g/mol. The molecule has 2 aromatic carbocycles. The number of nitrogens with zero attached hydrogens (tertiary/aromatic N) is 1. The number of hydrogen-bond acceptors (Lipinski definition) is 5. The van der Waals surface area contributed by atoms with Crippen LogP contribution in [0.3, 0.4) is 0 Å². The summed E-state index contributed by atoms with van der Waals surface area (Å²) in [6.07, 6.45) is 0.321. The molecule has 0 radical (unpaired) electrons. The summed E-state index contributed by atoms with van der Waals surface area (Å²) in [7, 11) is 0. The Morgan fingerprint density at radius 2 is 1.80 bits per heavy atom. The van der Waals surface area contributed by atoms with E-state index in [1.54, 1.807) is 24.3 Å². The molecule has 0 fully saturated rings. The van der Waals surface area contributed by atoms with Crippen LogP contribution in [0.25, 0.3) is 0 Å². The Morgan fingerprint density at radius 3 is 2.44 bits per heavy atom. The van der Waals surface area contributed by atoms with Gasteiger partial charge in [0.1, 0.15) is 0 Å². The van der Waals surface area contributed by atoms with E-state index < -0.39 is 11.9 Å². The maximum atomic E-state index is 11.8. The molecule has 2 aromatic rings. The molecular formula is C18H15BrN2O3S. The molecule has 0 saturated heterocycles. The first kappa shape index (κ1) is 19.0. The normalized spacial score (nSPS) is 9.92. The van der Waals surface area contributed by atoms with Gasteiger partial charge < -0.3 is 10.1 Å². The number of ether oxygens (including phenoxy) is 1. The number of hydrogen-bond donors (Lipinski definition) is 1. The molecule has 0 aliphatic rings. The molecule has 0 bridgehead atoms. The SMILES string of the molecule is N#CCc1ccc(NC(=O)COC(=O)CSc2ccc(Br)cc2)cc1. The van der Waals surface area contributed by atoms with E-state index in [1.165, 1.54) is 11.8 Å². The number of nitriles is 1. The second-order valence-electron chi connectivity index (χ2n) is 4.98. The summed E-state index contributed by atoms with van der Waals surface area (Å²) in [4.78, 5) is 24.4. The van der Waals surface area contributed by atoms with Crippen LogP contribution in [-0.4, -0.2) is 24.2 Å². The Labute approximate surface area is 158 Å². The van der Waals surface area contributed by atoms with E-state index in [9.17, 15) is 9.59 Å². The molecule has 1 amide bonds. The van der Waals surface area contributed by atoms with Crippen LogP contribution < -0.4 is 5.32 Å². The maximum Gasteiger partial charge on any atom is 0.316 e. The summed E-state index contributed by atoms with van der Waals surface area (Å²) >= 11 is 4.69. The fourth-order valence-electron chi connectivity index (χ4n) is 1.86. The van der Waals surface area contributed by atoms with Crippen LogP contribution in [0.4, 0.5) is 5.69 Å². The summed E-state index contributed by atoms with van der Waals surface area (Å²) in [6.45, 7) is -0.334. The molecule has 0 saturated carbocycles. The molecule has 128 valence electrons. The Hall–Kier alpha value is -2.30. The van der Waals surface area contributed by atoms with Crippen molar-refractivity contribution in [3.63, 3.8) is 0 Å². The van der Waals surface area contributed by atoms with Crippen LogP contribution in [0.1, 0.15) is 5.56 Å². The van der Waals surface area contributed by atoms with Gasteiger partial charge in [-0.15, -0.1) is 11.8 Å². The van der Waals surface area contributed by atoms with Crippen LogP contribution in [-0.2, 0) is 20.7 Å². The molecule has 7 heteroatoms. The molecule has 0 aromatic heterocycles. The van der Waals surface area contributed by atoms with Gasteiger partial charge in [-0.05, 0) is 42.0 Å². The Balaban J connectivity index is 1.71. The third kappa shape index (κ3) is 6.99. The van der Waals surface area contributed by atoms with Crippen LogP contribution in [0.2, 0.25) is 0 Å². The monoisotopic (exact) mass is 418 g/mol. The standard InChI is InChI=1S/C18H15BrN2O3S/c19-14-3-7-16(8-4-14)25-12-18(23)24-11-17(22)21-15-5-1-13(2-6-15)9-10-20/h1-8H,9,11-12H2,(H,21,22). The minimum atomic E-state index is -0.451. The molecule has 5 nitrogen and oxygen atoms in total. The van der Waals surface area contributed by atoms with Gasteiger partial charge in [-0.25, -0.2) is 0 Å². The summed E-state index contributed by atoms with van der Waals surface area (Å²) < 4.78 is 5.93. The minimum absolute atomic E-state index is 0.137. The van der Waals surface area contributed by atoms with Crippen LogP contribution in [0.15, 0.2) is 57.9 Å². The molecule has 1 N–H and O–H groups in total. The number of benzene rings is 2. The number of rotatable bonds is 7. The van der Waals surface area contributed by atoms with Crippen molar-refractivity contribution in [3.05, 3.63) is 58.6 Å². The van der Waals surface area contributed by atoms with Gasteiger partial charge in [0, 0.05) is 15.1 Å².